The van der Waals surface area contributed by atoms with E-state index < -0.39 is 13.4 Å². The van der Waals surface area contributed by atoms with E-state index in [0.29, 0.717) is 0 Å². The SMILES string of the molecule is O=[Se]1(=O)Oc2ccccc2O1. The normalized spacial score (nSPS) is 18.2. The molecule has 0 aromatic heterocycles. The average molecular weight is 219 g/mol. The second-order valence-corrected chi connectivity index (χ2v) is 4.43. The van der Waals surface area contributed by atoms with Gasteiger partial charge in [0.05, 0.1) is 0 Å². The topological polar surface area (TPSA) is 52.6 Å². The molecule has 1 aromatic rings. The van der Waals surface area contributed by atoms with Crippen LogP contribution in [0.1, 0.15) is 0 Å². The summed E-state index contributed by atoms with van der Waals surface area (Å²) in [6.07, 6.45) is 0. The number of benzene rings is 1. The van der Waals surface area contributed by atoms with Crippen molar-refractivity contribution in [1.82, 2.24) is 0 Å². The first-order chi connectivity index (χ1) is 5.17. The van der Waals surface area contributed by atoms with Crippen LogP contribution in [0.5, 0.6) is 11.5 Å². The van der Waals surface area contributed by atoms with Gasteiger partial charge in [-0.1, -0.05) is 0 Å². The first-order valence-corrected chi connectivity index (χ1v) is 5.70. The number of fused-ring (bicyclic) bond motifs is 1. The third kappa shape index (κ3) is 1.08. The van der Waals surface area contributed by atoms with Crippen LogP contribution in [0.25, 0.3) is 0 Å². The van der Waals surface area contributed by atoms with E-state index in [2.05, 4.69) is 7.64 Å². The molecule has 1 aliphatic heterocycles. The van der Waals surface area contributed by atoms with E-state index in [4.69, 9.17) is 0 Å². The summed E-state index contributed by atoms with van der Waals surface area (Å²) in [7, 11) is 0. The van der Waals surface area contributed by atoms with Crippen molar-refractivity contribution in [2.75, 3.05) is 0 Å². The van der Waals surface area contributed by atoms with Crippen molar-refractivity contribution in [3.05, 3.63) is 24.3 Å². The van der Waals surface area contributed by atoms with E-state index in [1.165, 1.54) is 0 Å². The first kappa shape index (κ1) is 6.64. The molecule has 0 saturated heterocycles. The van der Waals surface area contributed by atoms with E-state index in [0.717, 1.165) is 0 Å². The maximum atomic E-state index is 10.7. The monoisotopic (exact) mass is 220 g/mol. The van der Waals surface area contributed by atoms with Crippen molar-refractivity contribution in [2.45, 2.75) is 0 Å². The molecule has 1 aromatic carbocycles. The van der Waals surface area contributed by atoms with Gasteiger partial charge in [-0.15, -0.1) is 0 Å². The Bertz CT molecular complexity index is 350. The third-order valence-corrected chi connectivity index (χ3v) is 2.84. The molecular formula is C6H4O4Se. The Morgan fingerprint density at radius 2 is 1.45 bits per heavy atom. The third-order valence-electron chi connectivity index (χ3n) is 1.23. The second-order valence-electron chi connectivity index (χ2n) is 2.02. The minimum absolute atomic E-state index is 0.275. The fourth-order valence-electron chi connectivity index (χ4n) is 0.825. The van der Waals surface area contributed by atoms with E-state index in [1.807, 2.05) is 0 Å². The summed E-state index contributed by atoms with van der Waals surface area (Å²) in [4.78, 5) is 0. The van der Waals surface area contributed by atoms with Gasteiger partial charge in [0.1, 0.15) is 0 Å². The molecule has 0 amide bonds. The molecule has 0 fully saturated rings. The molecule has 4 nitrogen and oxygen atoms in total. The molecule has 1 aliphatic rings. The molecule has 11 heavy (non-hydrogen) atoms. The summed E-state index contributed by atoms with van der Waals surface area (Å²) < 4.78 is 30.5. The van der Waals surface area contributed by atoms with E-state index in [1.54, 1.807) is 24.3 Å². The molecule has 0 aliphatic carbocycles. The number of rotatable bonds is 0. The Kier molecular flexibility index (Phi) is 1.18. The number of hydrogen-bond acceptors (Lipinski definition) is 4. The predicted octanol–water partition coefficient (Wildman–Crippen LogP) is 0.754. The zero-order valence-corrected chi connectivity index (χ0v) is 7.06. The molecule has 0 saturated carbocycles. The number of para-hydroxylation sites is 2. The van der Waals surface area contributed by atoms with Crippen LogP contribution >= 0.6 is 0 Å². The molecule has 0 unspecified atom stereocenters. The zero-order valence-electron chi connectivity index (χ0n) is 5.35. The van der Waals surface area contributed by atoms with Crippen molar-refractivity contribution in [3.8, 4) is 11.5 Å². The molecule has 0 bridgehead atoms. The summed E-state index contributed by atoms with van der Waals surface area (Å²) in [5.74, 6) is 0.551. The minimum atomic E-state index is -4.51. The van der Waals surface area contributed by atoms with Crippen molar-refractivity contribution in [3.63, 3.8) is 0 Å². The average Bonchev–Trinajstić information content (AvgIpc) is 2.21. The zero-order chi connectivity index (χ0) is 7.90. The van der Waals surface area contributed by atoms with E-state index in [9.17, 15) is 7.67 Å². The Labute approximate surface area is 65.0 Å². The van der Waals surface area contributed by atoms with Crippen LogP contribution < -0.4 is 7.64 Å². The second kappa shape index (κ2) is 1.96. The van der Waals surface area contributed by atoms with Gasteiger partial charge in [-0.3, -0.25) is 0 Å². The molecule has 1 heterocycles. The molecular weight excluding hydrogens is 215 g/mol. The fourth-order valence-corrected chi connectivity index (χ4v) is 2.40. The molecule has 58 valence electrons. The van der Waals surface area contributed by atoms with E-state index >= 15 is 0 Å². The number of hydrogen-bond donors (Lipinski definition) is 0. The summed E-state index contributed by atoms with van der Waals surface area (Å²) in [6, 6.07) is 6.45. The summed E-state index contributed by atoms with van der Waals surface area (Å²) in [5, 5.41) is 0. The van der Waals surface area contributed by atoms with Crippen molar-refractivity contribution < 1.29 is 15.3 Å². The Morgan fingerprint density at radius 3 is 1.91 bits per heavy atom. The summed E-state index contributed by atoms with van der Waals surface area (Å²) in [5.41, 5.74) is 0. The van der Waals surface area contributed by atoms with Gasteiger partial charge >= 0.3 is 64.4 Å². The molecule has 0 atom stereocenters. The molecule has 0 radical (unpaired) electrons. The molecule has 5 heteroatoms. The summed E-state index contributed by atoms with van der Waals surface area (Å²) >= 11 is -4.51. The maximum absolute atomic E-state index is 10.7. The standard InChI is InChI=1S/C6H4O4Se/c7-11(8)9-5-3-1-2-4-6(5)10-11/h1-4H. The first-order valence-electron chi connectivity index (χ1n) is 2.90. The van der Waals surface area contributed by atoms with Crippen molar-refractivity contribution >= 4 is 13.4 Å². The summed E-state index contributed by atoms with van der Waals surface area (Å²) in [6.45, 7) is 0. The Hall–Kier alpha value is -1.06. The Morgan fingerprint density at radius 1 is 1.00 bits per heavy atom. The van der Waals surface area contributed by atoms with Gasteiger partial charge in [-0.05, 0) is 0 Å². The van der Waals surface area contributed by atoms with Crippen LogP contribution in [-0.4, -0.2) is 13.4 Å². The quantitative estimate of drug-likeness (QED) is 0.604. The van der Waals surface area contributed by atoms with Crippen LogP contribution in [0.3, 0.4) is 0 Å². The van der Waals surface area contributed by atoms with Crippen LogP contribution in [0, 0.1) is 0 Å². The van der Waals surface area contributed by atoms with Gasteiger partial charge in [0.25, 0.3) is 0 Å². The fraction of sp³-hybridized carbons (Fsp3) is 0. The van der Waals surface area contributed by atoms with Crippen LogP contribution in [-0.2, 0) is 7.67 Å². The van der Waals surface area contributed by atoms with Crippen molar-refractivity contribution in [1.29, 1.82) is 0 Å². The van der Waals surface area contributed by atoms with Gasteiger partial charge < -0.3 is 0 Å². The van der Waals surface area contributed by atoms with Crippen LogP contribution in [0.15, 0.2) is 24.3 Å². The van der Waals surface area contributed by atoms with Gasteiger partial charge in [0, 0.05) is 0 Å². The molecule has 2 rings (SSSR count). The van der Waals surface area contributed by atoms with Gasteiger partial charge in [-0.2, -0.15) is 0 Å². The molecule has 0 spiro atoms. The van der Waals surface area contributed by atoms with Crippen molar-refractivity contribution in [2.24, 2.45) is 0 Å². The van der Waals surface area contributed by atoms with Crippen LogP contribution in [0.4, 0.5) is 0 Å². The Balaban J connectivity index is 2.57. The van der Waals surface area contributed by atoms with Crippen LogP contribution in [0.2, 0.25) is 0 Å². The van der Waals surface area contributed by atoms with Gasteiger partial charge in [-0.25, -0.2) is 0 Å². The van der Waals surface area contributed by atoms with Gasteiger partial charge in [0.2, 0.25) is 0 Å². The predicted molar refractivity (Wildman–Crippen MR) is 34.8 cm³/mol. The van der Waals surface area contributed by atoms with Gasteiger partial charge in [0.15, 0.2) is 0 Å². The van der Waals surface area contributed by atoms with E-state index in [-0.39, 0.29) is 11.5 Å². The molecule has 0 N–H and O–H groups in total.